The highest BCUT2D eigenvalue weighted by atomic mass is 16.2. The summed E-state index contributed by atoms with van der Waals surface area (Å²) in [6.45, 7) is 17.2. The Morgan fingerprint density at radius 1 is 0.973 bits per heavy atom. The molecule has 10 heteroatoms. The van der Waals surface area contributed by atoms with E-state index in [9.17, 15) is 24.0 Å². The number of hydrogen-bond acceptors (Lipinski definition) is 6. The van der Waals surface area contributed by atoms with E-state index in [4.69, 9.17) is 5.73 Å². The number of likely N-dealkylation sites (tertiary alicyclic amines) is 1. The van der Waals surface area contributed by atoms with E-state index in [1.807, 2.05) is 41.5 Å². The van der Waals surface area contributed by atoms with Crippen LogP contribution >= 0.6 is 0 Å². The molecule has 3 aliphatic rings. The van der Waals surface area contributed by atoms with E-state index in [0.717, 1.165) is 0 Å². The van der Waals surface area contributed by atoms with Gasteiger partial charge in [-0.3, -0.25) is 19.2 Å². The standard InChI is InChI=1S/C27H45N5O5/c1-13(19(33)20(34)14-10-11-16(14)28)29-22(35)18-17-15(27(17,8)9)12-32(18)23(36)21(25(2,3)4)30-24(37)31-26(5,6)7/h13-18,21H,10-12,28H2,1-9H3,(H,29,35)(H2,30,31,37). The molecule has 0 aromatic rings. The minimum absolute atomic E-state index is 0.0708. The highest BCUT2D eigenvalue weighted by Crippen LogP contribution is 2.65. The number of ketones is 2. The van der Waals surface area contributed by atoms with E-state index >= 15 is 0 Å². The molecule has 10 nitrogen and oxygen atoms in total. The molecule has 1 saturated heterocycles. The molecule has 4 amide bonds. The van der Waals surface area contributed by atoms with Crippen molar-refractivity contribution in [2.24, 2.45) is 34.3 Å². The van der Waals surface area contributed by atoms with E-state index in [1.54, 1.807) is 4.90 Å². The molecule has 3 fully saturated rings. The number of fused-ring (bicyclic) bond motifs is 1. The quantitative estimate of drug-likeness (QED) is 0.373. The second-order valence-electron chi connectivity index (χ2n) is 13.8. The molecule has 2 saturated carbocycles. The van der Waals surface area contributed by atoms with Crippen molar-refractivity contribution >= 4 is 29.4 Å². The summed E-state index contributed by atoms with van der Waals surface area (Å²) in [4.78, 5) is 66.9. The van der Waals surface area contributed by atoms with Crippen molar-refractivity contribution < 1.29 is 24.0 Å². The summed E-state index contributed by atoms with van der Waals surface area (Å²) in [6.07, 6.45) is 1.29. The zero-order chi connectivity index (χ0) is 28.2. The first kappa shape index (κ1) is 29.1. The Hall–Kier alpha value is -2.49. The fraction of sp³-hybridized carbons (Fsp3) is 0.815. The summed E-state index contributed by atoms with van der Waals surface area (Å²) in [5.74, 6) is -2.42. The Morgan fingerprint density at radius 3 is 2.03 bits per heavy atom. The lowest BCUT2D eigenvalue weighted by Gasteiger charge is -2.38. The molecule has 3 rings (SSSR count). The fourth-order valence-electron chi connectivity index (χ4n) is 5.75. The average Bonchev–Trinajstić information content (AvgIpc) is 3.08. The van der Waals surface area contributed by atoms with Crippen molar-refractivity contribution in [2.75, 3.05) is 6.54 Å². The number of amides is 4. The number of carbonyl (C=O) groups is 5. The van der Waals surface area contributed by atoms with Crippen LogP contribution in [-0.4, -0.2) is 70.6 Å². The second-order valence-corrected chi connectivity index (χ2v) is 13.8. The molecule has 0 radical (unpaired) electrons. The van der Waals surface area contributed by atoms with Crippen LogP contribution in [0.5, 0.6) is 0 Å². The van der Waals surface area contributed by atoms with E-state index < -0.39 is 58.5 Å². The van der Waals surface area contributed by atoms with Gasteiger partial charge in [-0.15, -0.1) is 0 Å². The number of nitrogens with two attached hydrogens (primary N) is 1. The van der Waals surface area contributed by atoms with Crippen LogP contribution in [0.15, 0.2) is 0 Å². The van der Waals surface area contributed by atoms with E-state index in [0.29, 0.717) is 19.4 Å². The molecule has 0 bridgehead atoms. The van der Waals surface area contributed by atoms with Gasteiger partial charge in [-0.05, 0) is 63.2 Å². The van der Waals surface area contributed by atoms with Crippen LogP contribution in [0.2, 0.25) is 0 Å². The number of rotatable bonds is 7. The molecule has 1 heterocycles. The van der Waals surface area contributed by atoms with Gasteiger partial charge in [0.25, 0.3) is 0 Å². The predicted molar refractivity (Wildman–Crippen MR) is 139 cm³/mol. The minimum Gasteiger partial charge on any atom is -0.344 e. The van der Waals surface area contributed by atoms with Crippen molar-refractivity contribution in [1.29, 1.82) is 0 Å². The minimum atomic E-state index is -1.01. The Kier molecular flexibility index (Phi) is 7.60. The molecule has 7 atom stereocenters. The number of Topliss-reactive ketones (excluding diaryl/α,β-unsaturated/α-hetero) is 2. The molecule has 0 aromatic heterocycles. The lowest BCUT2D eigenvalue weighted by molar-refractivity contribution is -0.145. The van der Waals surface area contributed by atoms with Crippen LogP contribution in [0.3, 0.4) is 0 Å². The topological polar surface area (TPSA) is 151 Å². The van der Waals surface area contributed by atoms with Crippen molar-refractivity contribution in [3.8, 4) is 0 Å². The molecule has 5 N–H and O–H groups in total. The van der Waals surface area contributed by atoms with E-state index in [-0.39, 0.29) is 29.2 Å². The van der Waals surface area contributed by atoms with Gasteiger partial charge in [-0.2, -0.15) is 0 Å². The zero-order valence-corrected chi connectivity index (χ0v) is 23.7. The molecule has 0 spiro atoms. The Balaban J connectivity index is 1.77. The van der Waals surface area contributed by atoms with Gasteiger partial charge in [0.2, 0.25) is 23.4 Å². The Morgan fingerprint density at radius 2 is 1.57 bits per heavy atom. The molecule has 37 heavy (non-hydrogen) atoms. The van der Waals surface area contributed by atoms with Crippen LogP contribution in [0.4, 0.5) is 4.79 Å². The molecule has 208 valence electrons. The van der Waals surface area contributed by atoms with Crippen LogP contribution in [-0.2, 0) is 19.2 Å². The van der Waals surface area contributed by atoms with Gasteiger partial charge in [0, 0.05) is 24.0 Å². The first-order chi connectivity index (χ1) is 16.8. The lowest BCUT2D eigenvalue weighted by Crippen LogP contribution is -2.62. The van der Waals surface area contributed by atoms with Crippen LogP contribution in [0.1, 0.15) is 75.2 Å². The first-order valence-electron chi connectivity index (χ1n) is 13.3. The second kappa shape index (κ2) is 9.67. The maximum atomic E-state index is 13.9. The zero-order valence-electron chi connectivity index (χ0n) is 23.7. The summed E-state index contributed by atoms with van der Waals surface area (Å²) in [6, 6.07) is -3.45. The van der Waals surface area contributed by atoms with Crippen LogP contribution in [0, 0.1) is 28.6 Å². The normalized spacial score (nSPS) is 29.8. The SMILES string of the molecule is CC(NC(=O)C1C2C(CN1C(=O)C(NC(=O)NC(C)(C)C)C(C)(C)C)C2(C)C)C(=O)C(=O)C1CCC1N. The maximum Gasteiger partial charge on any atom is 0.315 e. The summed E-state index contributed by atoms with van der Waals surface area (Å²) in [5.41, 5.74) is 4.63. The molecule has 2 aliphatic carbocycles. The van der Waals surface area contributed by atoms with Gasteiger partial charge >= 0.3 is 6.03 Å². The van der Waals surface area contributed by atoms with Gasteiger partial charge in [0.15, 0.2) is 0 Å². The van der Waals surface area contributed by atoms with E-state index in [1.165, 1.54) is 6.92 Å². The summed E-state index contributed by atoms with van der Waals surface area (Å²) < 4.78 is 0. The monoisotopic (exact) mass is 519 g/mol. The van der Waals surface area contributed by atoms with Gasteiger partial charge in [0.05, 0.1) is 6.04 Å². The Bertz CT molecular complexity index is 979. The Labute approximate surface area is 220 Å². The third kappa shape index (κ3) is 5.84. The number of nitrogens with zero attached hydrogens (tertiary/aromatic N) is 1. The molecule has 0 aromatic carbocycles. The largest absolute Gasteiger partial charge is 0.344 e. The lowest BCUT2D eigenvalue weighted by atomic mass is 9.75. The highest BCUT2D eigenvalue weighted by Gasteiger charge is 2.69. The van der Waals surface area contributed by atoms with Gasteiger partial charge in [-0.25, -0.2) is 4.79 Å². The maximum absolute atomic E-state index is 13.9. The number of piperidine rings is 1. The van der Waals surface area contributed by atoms with Gasteiger partial charge < -0.3 is 26.6 Å². The van der Waals surface area contributed by atoms with Crippen molar-refractivity contribution in [3.63, 3.8) is 0 Å². The van der Waals surface area contributed by atoms with Gasteiger partial charge in [-0.1, -0.05) is 34.6 Å². The highest BCUT2D eigenvalue weighted by molar-refractivity contribution is 6.40. The average molecular weight is 520 g/mol. The molecule has 7 unspecified atom stereocenters. The number of carbonyl (C=O) groups excluding carboxylic acids is 5. The van der Waals surface area contributed by atoms with Gasteiger partial charge in [0.1, 0.15) is 12.1 Å². The molecule has 1 aliphatic heterocycles. The van der Waals surface area contributed by atoms with Crippen LogP contribution < -0.4 is 21.7 Å². The number of hydrogen-bond donors (Lipinski definition) is 4. The third-order valence-corrected chi connectivity index (χ3v) is 8.30. The first-order valence-corrected chi connectivity index (χ1v) is 13.3. The molecular weight excluding hydrogens is 474 g/mol. The third-order valence-electron chi connectivity index (χ3n) is 8.30. The fourth-order valence-corrected chi connectivity index (χ4v) is 5.75. The summed E-state index contributed by atoms with van der Waals surface area (Å²) in [7, 11) is 0. The van der Waals surface area contributed by atoms with E-state index in [2.05, 4.69) is 29.8 Å². The summed E-state index contributed by atoms with van der Waals surface area (Å²) >= 11 is 0. The van der Waals surface area contributed by atoms with Crippen molar-refractivity contribution in [1.82, 2.24) is 20.9 Å². The molecular formula is C27H45N5O5. The predicted octanol–water partition coefficient (Wildman–Crippen LogP) is 1.36. The van der Waals surface area contributed by atoms with Crippen molar-refractivity contribution in [2.45, 2.75) is 105 Å². The number of nitrogens with one attached hydrogen (secondary N) is 3. The summed E-state index contributed by atoms with van der Waals surface area (Å²) in [5, 5.41) is 8.35. The van der Waals surface area contributed by atoms with Crippen molar-refractivity contribution in [3.05, 3.63) is 0 Å². The number of urea groups is 1. The smallest absolute Gasteiger partial charge is 0.315 e. The van der Waals surface area contributed by atoms with Crippen LogP contribution in [0.25, 0.3) is 0 Å².